The maximum Gasteiger partial charge on any atom is 0.265 e. The first-order valence-corrected chi connectivity index (χ1v) is 7.35. The second kappa shape index (κ2) is 8.08. The summed E-state index contributed by atoms with van der Waals surface area (Å²) in [5, 5.41) is 6.35. The van der Waals surface area contributed by atoms with Gasteiger partial charge in [-0.1, -0.05) is 43.3 Å². The normalized spacial score (nSPS) is 11.0. The quantitative estimate of drug-likeness (QED) is 0.648. The number of hydrogen-bond acceptors (Lipinski definition) is 3. The smallest absolute Gasteiger partial charge is 0.265 e. The fourth-order valence-corrected chi connectivity index (χ4v) is 1.89. The number of oxime groups is 1. The molecule has 2 aromatic rings. The fourth-order valence-electron chi connectivity index (χ4n) is 1.89. The van der Waals surface area contributed by atoms with Crippen molar-refractivity contribution < 1.29 is 14.0 Å². The van der Waals surface area contributed by atoms with Gasteiger partial charge in [0.25, 0.3) is 5.91 Å². The zero-order valence-electron chi connectivity index (χ0n) is 13.1. The molecule has 0 bridgehead atoms. The highest BCUT2D eigenvalue weighted by molar-refractivity contribution is 5.91. The van der Waals surface area contributed by atoms with Crippen LogP contribution in [0, 0.1) is 5.82 Å². The minimum atomic E-state index is -0.357. The van der Waals surface area contributed by atoms with Gasteiger partial charge in [-0.25, -0.2) is 4.39 Å². The number of anilines is 1. The third kappa shape index (κ3) is 5.54. The van der Waals surface area contributed by atoms with Gasteiger partial charge < -0.3 is 10.2 Å². The molecule has 2 aromatic carbocycles. The number of carbonyl (C=O) groups is 1. The molecule has 1 amide bonds. The zero-order valence-corrected chi connectivity index (χ0v) is 13.1. The summed E-state index contributed by atoms with van der Waals surface area (Å²) in [6.45, 7) is 4.05. The molecule has 4 nitrogen and oxygen atoms in total. The number of carbonyl (C=O) groups excluding carboxylic acids is 1. The predicted octanol–water partition coefficient (Wildman–Crippen LogP) is 3.94. The topological polar surface area (TPSA) is 50.7 Å². The number of rotatable bonds is 6. The first-order chi connectivity index (χ1) is 11.0. The molecule has 0 saturated heterocycles. The number of halogens is 1. The van der Waals surface area contributed by atoms with Gasteiger partial charge in [-0.2, -0.15) is 0 Å². The van der Waals surface area contributed by atoms with Crippen molar-refractivity contribution in [1.29, 1.82) is 0 Å². The van der Waals surface area contributed by atoms with Crippen LogP contribution in [0.4, 0.5) is 10.1 Å². The van der Waals surface area contributed by atoms with E-state index in [-0.39, 0.29) is 18.3 Å². The second-order valence-electron chi connectivity index (χ2n) is 5.38. The summed E-state index contributed by atoms with van der Waals surface area (Å²) in [5.41, 5.74) is 2.66. The van der Waals surface area contributed by atoms with Gasteiger partial charge in [0.1, 0.15) is 5.82 Å². The Kier molecular flexibility index (Phi) is 5.86. The summed E-state index contributed by atoms with van der Waals surface area (Å²) >= 11 is 0. The van der Waals surface area contributed by atoms with Crippen molar-refractivity contribution in [1.82, 2.24) is 0 Å². The Labute approximate surface area is 135 Å². The minimum absolute atomic E-state index is 0.210. The lowest BCUT2D eigenvalue weighted by Crippen LogP contribution is -2.16. The number of hydrogen-bond donors (Lipinski definition) is 1. The first kappa shape index (κ1) is 16.7. The highest BCUT2D eigenvalue weighted by atomic mass is 19.1. The second-order valence-corrected chi connectivity index (χ2v) is 5.38. The minimum Gasteiger partial charge on any atom is -0.386 e. The van der Waals surface area contributed by atoms with E-state index in [9.17, 15) is 9.18 Å². The Bertz CT molecular complexity index is 664. The fraction of sp³-hybridized carbons (Fsp3) is 0.222. The van der Waals surface area contributed by atoms with Crippen LogP contribution in [0.15, 0.2) is 53.7 Å². The number of nitrogens with one attached hydrogen (secondary N) is 1. The standard InChI is InChI=1S/C18H19FN2O2/c1-13(2)15-5-3-14(4-6-15)11-20-23-12-18(22)21-17-9-7-16(19)8-10-17/h3-11,13H,12H2,1-2H3,(H,21,22)/b20-11-. The van der Waals surface area contributed by atoms with E-state index in [2.05, 4.69) is 24.3 Å². The van der Waals surface area contributed by atoms with E-state index in [1.807, 2.05) is 24.3 Å². The molecule has 120 valence electrons. The molecule has 0 aromatic heterocycles. The summed E-state index contributed by atoms with van der Waals surface area (Å²) in [5.74, 6) is -0.233. The van der Waals surface area contributed by atoms with Gasteiger partial charge in [0.2, 0.25) is 0 Å². The van der Waals surface area contributed by atoms with Gasteiger partial charge in [-0.3, -0.25) is 4.79 Å². The predicted molar refractivity (Wildman–Crippen MR) is 89.1 cm³/mol. The number of amides is 1. The van der Waals surface area contributed by atoms with E-state index >= 15 is 0 Å². The van der Waals surface area contributed by atoms with Crippen LogP contribution in [0.3, 0.4) is 0 Å². The molecule has 2 rings (SSSR count). The summed E-state index contributed by atoms with van der Waals surface area (Å²) in [6.07, 6.45) is 1.55. The van der Waals surface area contributed by atoms with Crippen molar-refractivity contribution in [2.24, 2.45) is 5.16 Å². The Morgan fingerprint density at radius 1 is 1.17 bits per heavy atom. The lowest BCUT2D eigenvalue weighted by atomic mass is 10.0. The molecular weight excluding hydrogens is 295 g/mol. The van der Waals surface area contributed by atoms with Crippen LogP contribution in [0.1, 0.15) is 30.9 Å². The molecular formula is C18H19FN2O2. The van der Waals surface area contributed by atoms with Crippen molar-refractivity contribution in [2.45, 2.75) is 19.8 Å². The van der Waals surface area contributed by atoms with Gasteiger partial charge in [-0.05, 0) is 41.3 Å². The summed E-state index contributed by atoms with van der Waals surface area (Å²) in [6, 6.07) is 13.5. The lowest BCUT2D eigenvalue weighted by molar-refractivity contribution is -0.120. The van der Waals surface area contributed by atoms with E-state index in [1.54, 1.807) is 6.21 Å². The van der Waals surface area contributed by atoms with E-state index in [4.69, 9.17) is 4.84 Å². The SMILES string of the molecule is CC(C)c1ccc(/C=N\OCC(=O)Nc2ccc(F)cc2)cc1. The van der Waals surface area contributed by atoms with Crippen LogP contribution in [-0.2, 0) is 9.63 Å². The Balaban J connectivity index is 1.77. The van der Waals surface area contributed by atoms with Crippen LogP contribution in [0.5, 0.6) is 0 Å². The molecule has 0 aliphatic carbocycles. The molecule has 0 aliphatic rings. The highest BCUT2D eigenvalue weighted by Gasteiger charge is 2.02. The molecule has 0 heterocycles. The van der Waals surface area contributed by atoms with Crippen molar-refractivity contribution in [2.75, 3.05) is 11.9 Å². The van der Waals surface area contributed by atoms with Crippen molar-refractivity contribution >= 4 is 17.8 Å². The third-order valence-electron chi connectivity index (χ3n) is 3.20. The summed E-state index contributed by atoms with van der Waals surface area (Å²) in [7, 11) is 0. The Morgan fingerprint density at radius 3 is 2.43 bits per heavy atom. The van der Waals surface area contributed by atoms with Gasteiger partial charge in [-0.15, -0.1) is 0 Å². The van der Waals surface area contributed by atoms with Gasteiger partial charge in [0.15, 0.2) is 6.61 Å². The maximum atomic E-state index is 12.7. The number of nitrogens with zero attached hydrogens (tertiary/aromatic N) is 1. The molecule has 23 heavy (non-hydrogen) atoms. The third-order valence-corrected chi connectivity index (χ3v) is 3.20. The molecule has 0 atom stereocenters. The largest absolute Gasteiger partial charge is 0.386 e. The van der Waals surface area contributed by atoms with Crippen LogP contribution >= 0.6 is 0 Å². The van der Waals surface area contributed by atoms with Crippen LogP contribution in [0.25, 0.3) is 0 Å². The van der Waals surface area contributed by atoms with E-state index in [0.717, 1.165) is 5.56 Å². The summed E-state index contributed by atoms with van der Waals surface area (Å²) in [4.78, 5) is 16.6. The first-order valence-electron chi connectivity index (χ1n) is 7.35. The molecule has 5 heteroatoms. The molecule has 0 fully saturated rings. The van der Waals surface area contributed by atoms with Crippen molar-refractivity contribution in [3.8, 4) is 0 Å². The molecule has 0 unspecified atom stereocenters. The monoisotopic (exact) mass is 314 g/mol. The Morgan fingerprint density at radius 2 is 1.83 bits per heavy atom. The van der Waals surface area contributed by atoms with Gasteiger partial charge in [0, 0.05) is 5.69 Å². The molecule has 0 spiro atoms. The summed E-state index contributed by atoms with van der Waals surface area (Å²) < 4.78 is 12.7. The molecule has 0 aliphatic heterocycles. The van der Waals surface area contributed by atoms with Gasteiger partial charge >= 0.3 is 0 Å². The Hall–Kier alpha value is -2.69. The van der Waals surface area contributed by atoms with Crippen LogP contribution < -0.4 is 5.32 Å². The van der Waals surface area contributed by atoms with E-state index in [0.29, 0.717) is 11.6 Å². The van der Waals surface area contributed by atoms with Crippen LogP contribution in [-0.4, -0.2) is 18.7 Å². The molecule has 0 saturated carbocycles. The van der Waals surface area contributed by atoms with Crippen molar-refractivity contribution in [3.05, 3.63) is 65.5 Å². The number of benzene rings is 2. The zero-order chi connectivity index (χ0) is 16.7. The molecule has 1 N–H and O–H groups in total. The highest BCUT2D eigenvalue weighted by Crippen LogP contribution is 2.13. The maximum absolute atomic E-state index is 12.7. The average molecular weight is 314 g/mol. The van der Waals surface area contributed by atoms with E-state index in [1.165, 1.54) is 29.8 Å². The molecule has 0 radical (unpaired) electrons. The van der Waals surface area contributed by atoms with Crippen LogP contribution in [0.2, 0.25) is 0 Å². The van der Waals surface area contributed by atoms with Crippen molar-refractivity contribution in [3.63, 3.8) is 0 Å². The average Bonchev–Trinajstić information content (AvgIpc) is 2.54. The van der Waals surface area contributed by atoms with E-state index < -0.39 is 0 Å². The lowest BCUT2D eigenvalue weighted by Gasteiger charge is -2.05. The van der Waals surface area contributed by atoms with Gasteiger partial charge in [0.05, 0.1) is 6.21 Å².